The number of hydrogen-bond donors (Lipinski definition) is 0. The largest absolute Gasteiger partial charge is 0.493 e. The van der Waals surface area contributed by atoms with Crippen LogP contribution >= 0.6 is 0 Å². The molecule has 296 valence electrons. The minimum atomic E-state index is 0.505. The Morgan fingerprint density at radius 2 is 1.07 bits per heavy atom. The fourth-order valence-electron chi connectivity index (χ4n) is 6.66. The maximum absolute atomic E-state index is 5.55. The van der Waals surface area contributed by atoms with Gasteiger partial charge in [0.25, 0.3) is 0 Å². The van der Waals surface area contributed by atoms with Crippen molar-refractivity contribution in [2.75, 3.05) is 6.61 Å². The molecule has 7 heteroatoms. The standard InChI is InChI=1S/C11H15N.C10H13NO.C10H15N.C9H13N.C8H12N2/c1-8(2)11-7-12-6-9-4-3-5-10(9)11;1-7(2)9-6-11-5-8-3-4-12-10(8)9;1-7(2)10-6-11-5-8(3)9(10)4;1-7(2)9-4-8(3)5-10-6-9;1-6(2)8-4-9-5-10-7(8)3/h6-8H,3-5H2,1-2H3;5-7H,3-4H2,1-2H3;5-7H,1-4H3;4-7H,1-3H3;4-6H,1-3H3. The summed E-state index contributed by atoms with van der Waals surface area (Å²) in [4.78, 5) is 24.8. The molecule has 0 amide bonds. The molecule has 1 aliphatic heterocycles. The predicted octanol–water partition coefficient (Wildman–Crippen LogP) is 12.1. The van der Waals surface area contributed by atoms with Crippen LogP contribution in [0, 0.1) is 27.7 Å². The second kappa shape index (κ2) is 22.1. The topological polar surface area (TPSA) is 86.6 Å². The molecule has 0 bridgehead atoms. The van der Waals surface area contributed by atoms with Crippen LogP contribution in [0.3, 0.4) is 0 Å². The van der Waals surface area contributed by atoms with E-state index in [2.05, 4.69) is 126 Å². The van der Waals surface area contributed by atoms with Crippen molar-refractivity contribution in [1.82, 2.24) is 29.9 Å². The van der Waals surface area contributed by atoms with Crippen LogP contribution in [0.5, 0.6) is 5.75 Å². The Morgan fingerprint density at radius 3 is 1.62 bits per heavy atom. The van der Waals surface area contributed by atoms with Gasteiger partial charge in [-0.05, 0) is 127 Å². The van der Waals surface area contributed by atoms with Gasteiger partial charge in [0.1, 0.15) is 12.1 Å². The summed E-state index contributed by atoms with van der Waals surface area (Å²) in [6.07, 6.45) is 23.9. The summed E-state index contributed by atoms with van der Waals surface area (Å²) in [5.74, 6) is 3.92. The molecule has 0 saturated carbocycles. The average molecular weight is 745 g/mol. The molecule has 0 spiro atoms. The zero-order valence-corrected chi connectivity index (χ0v) is 36.4. The maximum atomic E-state index is 5.55. The van der Waals surface area contributed by atoms with E-state index in [1.165, 1.54) is 74.9 Å². The van der Waals surface area contributed by atoms with E-state index in [1.807, 2.05) is 62.7 Å². The summed E-state index contributed by atoms with van der Waals surface area (Å²) in [6.45, 7) is 31.0. The van der Waals surface area contributed by atoms with Crippen molar-refractivity contribution < 1.29 is 4.74 Å². The maximum Gasteiger partial charge on any atom is 0.129 e. The third-order valence-electron chi connectivity index (χ3n) is 10.2. The van der Waals surface area contributed by atoms with Gasteiger partial charge in [0.2, 0.25) is 0 Å². The number of fused-ring (bicyclic) bond motifs is 2. The minimum absolute atomic E-state index is 0.505. The summed E-state index contributed by atoms with van der Waals surface area (Å²) in [5.41, 5.74) is 16.0. The molecule has 0 N–H and O–H groups in total. The lowest BCUT2D eigenvalue weighted by Gasteiger charge is -2.10. The lowest BCUT2D eigenvalue weighted by atomic mass is 9.98. The predicted molar refractivity (Wildman–Crippen MR) is 230 cm³/mol. The molecule has 6 heterocycles. The highest BCUT2D eigenvalue weighted by molar-refractivity contribution is 5.43. The second-order valence-corrected chi connectivity index (χ2v) is 16.3. The van der Waals surface area contributed by atoms with Crippen LogP contribution in [0.4, 0.5) is 0 Å². The third-order valence-corrected chi connectivity index (χ3v) is 10.2. The second-order valence-electron chi connectivity index (χ2n) is 16.3. The highest BCUT2D eigenvalue weighted by Gasteiger charge is 2.18. The van der Waals surface area contributed by atoms with Crippen molar-refractivity contribution in [3.63, 3.8) is 0 Å². The van der Waals surface area contributed by atoms with Gasteiger partial charge in [-0.2, -0.15) is 0 Å². The zero-order chi connectivity index (χ0) is 40.7. The van der Waals surface area contributed by atoms with Crippen molar-refractivity contribution in [2.45, 2.75) is 152 Å². The van der Waals surface area contributed by atoms with Crippen LogP contribution in [-0.2, 0) is 19.3 Å². The molecule has 2 aliphatic rings. The van der Waals surface area contributed by atoms with Gasteiger partial charge in [-0.25, -0.2) is 9.97 Å². The summed E-state index contributed by atoms with van der Waals surface area (Å²) in [7, 11) is 0. The Balaban J connectivity index is 0.000000185. The van der Waals surface area contributed by atoms with Gasteiger partial charge in [0.15, 0.2) is 0 Å². The lowest BCUT2D eigenvalue weighted by molar-refractivity contribution is 0.352. The Kier molecular flexibility index (Phi) is 18.1. The Hall–Kier alpha value is -4.52. The van der Waals surface area contributed by atoms with Crippen molar-refractivity contribution in [1.29, 1.82) is 0 Å². The van der Waals surface area contributed by atoms with Gasteiger partial charge >= 0.3 is 0 Å². The zero-order valence-electron chi connectivity index (χ0n) is 36.4. The summed E-state index contributed by atoms with van der Waals surface area (Å²) in [5, 5.41) is 0. The van der Waals surface area contributed by atoms with Gasteiger partial charge < -0.3 is 4.74 Å². The Bertz CT molecular complexity index is 1850. The fraction of sp³-hybridized carbons (Fsp3) is 0.500. The highest BCUT2D eigenvalue weighted by Crippen LogP contribution is 2.33. The van der Waals surface area contributed by atoms with Gasteiger partial charge in [0.05, 0.1) is 6.61 Å². The first kappa shape index (κ1) is 44.9. The molecule has 5 aromatic rings. The average Bonchev–Trinajstić information content (AvgIpc) is 3.84. The summed E-state index contributed by atoms with van der Waals surface area (Å²) in [6, 6.07) is 2.18. The number of hydrogen-bond acceptors (Lipinski definition) is 7. The third kappa shape index (κ3) is 13.6. The summed E-state index contributed by atoms with van der Waals surface area (Å²) >= 11 is 0. The monoisotopic (exact) mass is 745 g/mol. The first-order chi connectivity index (χ1) is 26.1. The normalized spacial score (nSPS) is 12.4. The smallest absolute Gasteiger partial charge is 0.129 e. The number of aryl methyl sites for hydroxylation is 4. The highest BCUT2D eigenvalue weighted by atomic mass is 16.5. The number of aromatic nitrogens is 6. The van der Waals surface area contributed by atoms with Crippen LogP contribution in [0.15, 0.2) is 68.2 Å². The first-order valence-corrected chi connectivity index (χ1v) is 20.3. The minimum Gasteiger partial charge on any atom is -0.493 e. The van der Waals surface area contributed by atoms with E-state index < -0.39 is 0 Å². The Labute approximate surface area is 333 Å². The summed E-state index contributed by atoms with van der Waals surface area (Å²) < 4.78 is 5.55. The molecule has 7 rings (SSSR count). The van der Waals surface area contributed by atoms with E-state index in [1.54, 1.807) is 11.9 Å². The molecule has 0 atom stereocenters. The number of nitrogens with zero attached hydrogens (tertiary/aromatic N) is 6. The van der Waals surface area contributed by atoms with E-state index in [0.29, 0.717) is 29.6 Å². The number of rotatable bonds is 5. The van der Waals surface area contributed by atoms with Crippen molar-refractivity contribution in [2.24, 2.45) is 0 Å². The molecule has 1 aliphatic carbocycles. The molecular weight excluding hydrogens is 677 g/mol. The van der Waals surface area contributed by atoms with E-state index in [4.69, 9.17) is 4.74 Å². The molecule has 0 saturated heterocycles. The van der Waals surface area contributed by atoms with E-state index >= 15 is 0 Å². The molecule has 5 aromatic heterocycles. The van der Waals surface area contributed by atoms with Crippen LogP contribution in [0.2, 0.25) is 0 Å². The molecular formula is C48H68N6O. The molecule has 0 unspecified atom stereocenters. The molecule has 55 heavy (non-hydrogen) atoms. The van der Waals surface area contributed by atoms with Gasteiger partial charge in [-0.15, -0.1) is 0 Å². The van der Waals surface area contributed by atoms with E-state index in [9.17, 15) is 0 Å². The number of pyridine rings is 4. The quantitative estimate of drug-likeness (QED) is 0.177. The lowest BCUT2D eigenvalue weighted by Crippen LogP contribution is -1.96. The fourth-order valence-corrected chi connectivity index (χ4v) is 6.66. The molecule has 0 fully saturated rings. The molecule has 0 radical (unpaired) electrons. The van der Waals surface area contributed by atoms with E-state index in [-0.39, 0.29) is 0 Å². The van der Waals surface area contributed by atoms with E-state index in [0.717, 1.165) is 24.5 Å². The SMILES string of the molecule is CC(C)c1cncc2c1CCC2.CC(C)c1cncc2c1OCC2.Cc1cncc(C(C)C)c1.Cc1cncc(C(C)C)c1C.Cc1ncncc1C(C)C. The van der Waals surface area contributed by atoms with Crippen LogP contribution in [0.25, 0.3) is 0 Å². The Morgan fingerprint density at radius 1 is 0.509 bits per heavy atom. The van der Waals surface area contributed by atoms with Gasteiger partial charge in [0, 0.05) is 79.0 Å². The van der Waals surface area contributed by atoms with Crippen LogP contribution < -0.4 is 4.74 Å². The van der Waals surface area contributed by atoms with Crippen LogP contribution in [0.1, 0.15) is 172 Å². The van der Waals surface area contributed by atoms with Gasteiger partial charge in [-0.1, -0.05) is 75.3 Å². The van der Waals surface area contributed by atoms with Gasteiger partial charge in [-0.3, -0.25) is 19.9 Å². The number of ether oxygens (including phenoxy) is 1. The van der Waals surface area contributed by atoms with Crippen molar-refractivity contribution >= 4 is 0 Å². The first-order valence-electron chi connectivity index (χ1n) is 20.3. The molecule has 7 nitrogen and oxygen atoms in total. The molecule has 0 aromatic carbocycles. The van der Waals surface area contributed by atoms with Crippen molar-refractivity contribution in [3.8, 4) is 5.75 Å². The van der Waals surface area contributed by atoms with Crippen LogP contribution in [-0.4, -0.2) is 36.5 Å². The van der Waals surface area contributed by atoms with Crippen molar-refractivity contribution in [3.05, 3.63) is 135 Å².